The van der Waals surface area contributed by atoms with E-state index in [0.717, 1.165) is 37.4 Å². The van der Waals surface area contributed by atoms with E-state index in [1.165, 1.54) is 0 Å². The van der Waals surface area contributed by atoms with Gasteiger partial charge in [0.05, 0.1) is 11.5 Å². The van der Waals surface area contributed by atoms with Crippen LogP contribution in [0.3, 0.4) is 0 Å². The first-order valence-electron chi connectivity index (χ1n) is 5.55. The van der Waals surface area contributed by atoms with Crippen molar-refractivity contribution >= 4 is 11.7 Å². The smallest absolute Gasteiger partial charge is 0.150 e. The topological polar surface area (TPSA) is 78.9 Å². The van der Waals surface area contributed by atoms with E-state index in [1.807, 2.05) is 6.92 Å². The maximum atomic E-state index is 7.51. The largest absolute Gasteiger partial charge is 0.387 e. The summed E-state index contributed by atoms with van der Waals surface area (Å²) in [5.74, 6) is 1.37. The Bertz CT molecular complexity index is 390. The van der Waals surface area contributed by atoms with Gasteiger partial charge in [0, 0.05) is 31.4 Å². The number of aromatic nitrogens is 2. The maximum Gasteiger partial charge on any atom is 0.150 e. The molecule has 0 radical (unpaired) electrons. The van der Waals surface area contributed by atoms with Crippen LogP contribution >= 0.6 is 0 Å². The number of amidine groups is 1. The van der Waals surface area contributed by atoms with Crippen LogP contribution in [0.25, 0.3) is 0 Å². The minimum atomic E-state index is 0.162. The van der Waals surface area contributed by atoms with E-state index < -0.39 is 0 Å². The van der Waals surface area contributed by atoms with Gasteiger partial charge in [0.2, 0.25) is 0 Å². The Kier molecular flexibility index (Phi) is 3.03. The summed E-state index contributed by atoms with van der Waals surface area (Å²) in [4.78, 5) is 10.8. The standard InChI is InChI=1S/C11H17N5/c1-8-11(15-5-4-14-8)16-6-2-3-9(7-16)10(12)13/h4-5,9H,2-3,6-7H2,1H3,(H3,12,13). The Labute approximate surface area is 95.2 Å². The van der Waals surface area contributed by atoms with Gasteiger partial charge in [0.1, 0.15) is 5.82 Å². The second kappa shape index (κ2) is 4.47. The summed E-state index contributed by atoms with van der Waals surface area (Å²) < 4.78 is 0. The molecule has 0 bridgehead atoms. The number of nitrogens with two attached hydrogens (primary N) is 1. The zero-order valence-electron chi connectivity index (χ0n) is 9.48. The quantitative estimate of drug-likeness (QED) is 0.573. The predicted octanol–water partition coefficient (Wildman–Crippen LogP) is 0.937. The van der Waals surface area contributed by atoms with Crippen LogP contribution in [0, 0.1) is 18.3 Å². The fourth-order valence-electron chi connectivity index (χ4n) is 2.13. The summed E-state index contributed by atoms with van der Waals surface area (Å²) in [7, 11) is 0. The molecule has 1 aromatic heterocycles. The summed E-state index contributed by atoms with van der Waals surface area (Å²) in [6.45, 7) is 3.72. The second-order valence-corrected chi connectivity index (χ2v) is 4.21. The van der Waals surface area contributed by atoms with Crippen molar-refractivity contribution in [2.45, 2.75) is 19.8 Å². The molecular formula is C11H17N5. The summed E-state index contributed by atoms with van der Waals surface area (Å²) in [5, 5.41) is 7.51. The van der Waals surface area contributed by atoms with Crippen molar-refractivity contribution in [2.24, 2.45) is 11.7 Å². The molecule has 5 nitrogen and oxygen atoms in total. The number of hydrogen-bond acceptors (Lipinski definition) is 4. The van der Waals surface area contributed by atoms with Gasteiger partial charge in [-0.25, -0.2) is 4.98 Å². The summed E-state index contributed by atoms with van der Waals surface area (Å²) in [6, 6.07) is 0. The van der Waals surface area contributed by atoms with Gasteiger partial charge in [-0.1, -0.05) is 0 Å². The molecule has 1 fully saturated rings. The Morgan fingerprint density at radius 2 is 2.25 bits per heavy atom. The number of hydrogen-bond donors (Lipinski definition) is 2. The number of rotatable bonds is 2. The maximum absolute atomic E-state index is 7.51. The lowest BCUT2D eigenvalue weighted by Gasteiger charge is -2.33. The molecule has 3 N–H and O–H groups in total. The summed E-state index contributed by atoms with van der Waals surface area (Å²) in [5.41, 5.74) is 6.50. The van der Waals surface area contributed by atoms with E-state index in [1.54, 1.807) is 12.4 Å². The molecule has 1 aliphatic heterocycles. The first-order valence-corrected chi connectivity index (χ1v) is 5.55. The van der Waals surface area contributed by atoms with Crippen LogP contribution in [0.2, 0.25) is 0 Å². The number of anilines is 1. The monoisotopic (exact) mass is 219 g/mol. The highest BCUT2D eigenvalue weighted by Crippen LogP contribution is 2.22. The van der Waals surface area contributed by atoms with Crippen molar-refractivity contribution in [3.05, 3.63) is 18.1 Å². The first-order chi connectivity index (χ1) is 7.68. The Morgan fingerprint density at radius 1 is 1.50 bits per heavy atom. The van der Waals surface area contributed by atoms with Crippen LogP contribution in [0.1, 0.15) is 18.5 Å². The van der Waals surface area contributed by atoms with E-state index in [-0.39, 0.29) is 11.8 Å². The van der Waals surface area contributed by atoms with Gasteiger partial charge in [0.15, 0.2) is 0 Å². The van der Waals surface area contributed by atoms with Crippen LogP contribution in [0.5, 0.6) is 0 Å². The molecule has 0 aromatic carbocycles. The van der Waals surface area contributed by atoms with Gasteiger partial charge in [-0.3, -0.25) is 10.4 Å². The Morgan fingerprint density at radius 3 is 2.94 bits per heavy atom. The van der Waals surface area contributed by atoms with E-state index in [4.69, 9.17) is 11.1 Å². The summed E-state index contributed by atoms with van der Waals surface area (Å²) >= 11 is 0. The fourth-order valence-corrected chi connectivity index (χ4v) is 2.13. The number of piperidine rings is 1. The van der Waals surface area contributed by atoms with Crippen LogP contribution < -0.4 is 10.6 Å². The van der Waals surface area contributed by atoms with Gasteiger partial charge in [-0.2, -0.15) is 0 Å². The molecule has 1 saturated heterocycles. The average Bonchev–Trinajstić information content (AvgIpc) is 2.30. The third-order valence-corrected chi connectivity index (χ3v) is 3.02. The molecule has 1 aromatic rings. The van der Waals surface area contributed by atoms with Crippen molar-refractivity contribution < 1.29 is 0 Å². The molecule has 16 heavy (non-hydrogen) atoms. The third kappa shape index (κ3) is 2.13. The van der Waals surface area contributed by atoms with Gasteiger partial charge in [0.25, 0.3) is 0 Å². The van der Waals surface area contributed by atoms with Crippen molar-refractivity contribution in [2.75, 3.05) is 18.0 Å². The SMILES string of the molecule is Cc1nccnc1N1CCCC(C(=N)N)C1. The molecular weight excluding hydrogens is 202 g/mol. The normalized spacial score (nSPS) is 20.8. The molecule has 2 rings (SSSR count). The van der Waals surface area contributed by atoms with Crippen molar-refractivity contribution in [3.63, 3.8) is 0 Å². The van der Waals surface area contributed by atoms with E-state index >= 15 is 0 Å². The highest BCUT2D eigenvalue weighted by atomic mass is 15.2. The van der Waals surface area contributed by atoms with E-state index in [9.17, 15) is 0 Å². The van der Waals surface area contributed by atoms with E-state index in [2.05, 4.69) is 14.9 Å². The minimum Gasteiger partial charge on any atom is -0.387 e. The zero-order chi connectivity index (χ0) is 11.5. The molecule has 0 spiro atoms. The molecule has 2 heterocycles. The lowest BCUT2D eigenvalue weighted by molar-refractivity contribution is 0.499. The van der Waals surface area contributed by atoms with Gasteiger partial charge >= 0.3 is 0 Å². The number of nitrogens with one attached hydrogen (secondary N) is 1. The second-order valence-electron chi connectivity index (χ2n) is 4.21. The fraction of sp³-hybridized carbons (Fsp3) is 0.545. The molecule has 0 aliphatic carbocycles. The first kappa shape index (κ1) is 10.9. The molecule has 0 saturated carbocycles. The molecule has 86 valence electrons. The van der Waals surface area contributed by atoms with Crippen molar-refractivity contribution in [1.29, 1.82) is 5.41 Å². The Hall–Kier alpha value is -1.65. The predicted molar refractivity (Wildman–Crippen MR) is 63.6 cm³/mol. The van der Waals surface area contributed by atoms with Crippen LogP contribution in [-0.4, -0.2) is 28.9 Å². The molecule has 5 heteroatoms. The van der Waals surface area contributed by atoms with Crippen molar-refractivity contribution in [3.8, 4) is 0 Å². The molecule has 1 aliphatic rings. The minimum absolute atomic E-state index is 0.162. The zero-order valence-corrected chi connectivity index (χ0v) is 9.48. The molecule has 1 atom stereocenters. The van der Waals surface area contributed by atoms with Crippen LogP contribution in [0.15, 0.2) is 12.4 Å². The Balaban J connectivity index is 2.16. The summed E-state index contributed by atoms with van der Waals surface area (Å²) in [6.07, 6.45) is 5.47. The van der Waals surface area contributed by atoms with Gasteiger partial charge in [-0.05, 0) is 19.8 Å². The van der Waals surface area contributed by atoms with Crippen LogP contribution in [-0.2, 0) is 0 Å². The third-order valence-electron chi connectivity index (χ3n) is 3.02. The van der Waals surface area contributed by atoms with Crippen molar-refractivity contribution in [1.82, 2.24) is 9.97 Å². The van der Waals surface area contributed by atoms with Crippen LogP contribution in [0.4, 0.5) is 5.82 Å². The van der Waals surface area contributed by atoms with Gasteiger partial charge < -0.3 is 10.6 Å². The average molecular weight is 219 g/mol. The molecule has 0 amide bonds. The lowest BCUT2D eigenvalue weighted by atomic mass is 9.97. The highest BCUT2D eigenvalue weighted by Gasteiger charge is 2.23. The van der Waals surface area contributed by atoms with Gasteiger partial charge in [-0.15, -0.1) is 0 Å². The van der Waals surface area contributed by atoms with E-state index in [0.29, 0.717) is 0 Å². The lowest BCUT2D eigenvalue weighted by Crippen LogP contribution is -2.41. The molecule has 1 unspecified atom stereocenters. The highest BCUT2D eigenvalue weighted by molar-refractivity contribution is 5.80. The number of aryl methyl sites for hydroxylation is 1. The number of nitrogens with zero attached hydrogens (tertiary/aromatic N) is 3.